The van der Waals surface area contributed by atoms with Crippen LogP contribution < -0.4 is 10.6 Å². The molecule has 4 nitrogen and oxygen atoms in total. The minimum atomic E-state index is -0.529. The van der Waals surface area contributed by atoms with Crippen molar-refractivity contribution in [3.8, 4) is 0 Å². The van der Waals surface area contributed by atoms with E-state index in [0.717, 1.165) is 12.2 Å². The van der Waals surface area contributed by atoms with E-state index < -0.39 is 5.82 Å². The molecule has 0 saturated carbocycles. The van der Waals surface area contributed by atoms with Crippen molar-refractivity contribution in [3.05, 3.63) is 53.1 Å². The number of halogens is 2. The van der Waals surface area contributed by atoms with Crippen molar-refractivity contribution in [3.63, 3.8) is 0 Å². The Labute approximate surface area is 133 Å². The van der Waals surface area contributed by atoms with E-state index in [1.54, 1.807) is 18.3 Å². The summed E-state index contributed by atoms with van der Waals surface area (Å²) in [5.41, 5.74) is 1.55. The topological polar surface area (TPSA) is 54.0 Å². The number of nitrogens with zero attached hydrogens (tertiary/aromatic N) is 1. The SMILES string of the molecule is CC(C)CNc1ccc(C(=O)Nc2ccc(F)c(Cl)c2)nc1. The Morgan fingerprint density at radius 1 is 1.27 bits per heavy atom. The molecule has 0 aliphatic carbocycles. The number of hydrogen-bond acceptors (Lipinski definition) is 3. The standard InChI is InChI=1S/C16H17ClFN3O/c1-10(2)8-19-12-4-6-15(20-9-12)16(22)21-11-3-5-14(18)13(17)7-11/h3-7,9-10,19H,8H2,1-2H3,(H,21,22). The molecule has 0 unspecified atom stereocenters. The van der Waals surface area contributed by atoms with Gasteiger partial charge in [0.15, 0.2) is 0 Å². The van der Waals surface area contributed by atoms with Crippen LogP contribution >= 0.6 is 11.6 Å². The number of pyridine rings is 1. The average Bonchev–Trinajstić information content (AvgIpc) is 2.49. The lowest BCUT2D eigenvalue weighted by atomic mass is 10.2. The Morgan fingerprint density at radius 2 is 2.00 bits per heavy atom. The largest absolute Gasteiger partial charge is 0.384 e. The van der Waals surface area contributed by atoms with E-state index in [1.807, 2.05) is 0 Å². The summed E-state index contributed by atoms with van der Waals surface area (Å²) in [6.45, 7) is 5.05. The first kappa shape index (κ1) is 16.2. The molecule has 2 aromatic rings. The van der Waals surface area contributed by atoms with Crippen molar-refractivity contribution >= 4 is 28.9 Å². The molecule has 0 radical (unpaired) electrons. The van der Waals surface area contributed by atoms with Gasteiger partial charge in [0.2, 0.25) is 0 Å². The Kier molecular flexibility index (Phi) is 5.33. The lowest BCUT2D eigenvalue weighted by Gasteiger charge is -2.09. The van der Waals surface area contributed by atoms with Crippen LogP contribution in [0.15, 0.2) is 36.5 Å². The normalized spacial score (nSPS) is 10.6. The molecule has 116 valence electrons. The number of carbonyl (C=O) groups excluding carboxylic acids is 1. The maximum absolute atomic E-state index is 13.1. The molecule has 2 rings (SSSR count). The smallest absolute Gasteiger partial charge is 0.274 e. The zero-order valence-corrected chi connectivity index (χ0v) is 13.1. The van der Waals surface area contributed by atoms with Crippen molar-refractivity contribution in [2.24, 2.45) is 5.92 Å². The molecule has 1 aromatic carbocycles. The molecule has 0 atom stereocenters. The first-order valence-corrected chi connectivity index (χ1v) is 7.30. The molecule has 1 aromatic heterocycles. The monoisotopic (exact) mass is 321 g/mol. The molecule has 0 saturated heterocycles. The van der Waals surface area contributed by atoms with Gasteiger partial charge in [-0.2, -0.15) is 0 Å². The van der Waals surface area contributed by atoms with Crippen LogP contribution in [-0.2, 0) is 0 Å². The summed E-state index contributed by atoms with van der Waals surface area (Å²) in [4.78, 5) is 16.2. The quantitative estimate of drug-likeness (QED) is 0.868. The second kappa shape index (κ2) is 7.22. The van der Waals surface area contributed by atoms with Crippen LogP contribution in [-0.4, -0.2) is 17.4 Å². The van der Waals surface area contributed by atoms with Crippen LogP contribution in [0.2, 0.25) is 5.02 Å². The van der Waals surface area contributed by atoms with Crippen LogP contribution in [0.3, 0.4) is 0 Å². The van der Waals surface area contributed by atoms with Crippen molar-refractivity contribution < 1.29 is 9.18 Å². The fraction of sp³-hybridized carbons (Fsp3) is 0.250. The van der Waals surface area contributed by atoms with Gasteiger partial charge in [0, 0.05) is 12.2 Å². The number of nitrogens with one attached hydrogen (secondary N) is 2. The van der Waals surface area contributed by atoms with Crippen LogP contribution in [0.4, 0.5) is 15.8 Å². The molecule has 22 heavy (non-hydrogen) atoms. The summed E-state index contributed by atoms with van der Waals surface area (Å²) in [6.07, 6.45) is 1.61. The summed E-state index contributed by atoms with van der Waals surface area (Å²) in [7, 11) is 0. The highest BCUT2D eigenvalue weighted by atomic mass is 35.5. The van der Waals surface area contributed by atoms with Gasteiger partial charge in [-0.1, -0.05) is 25.4 Å². The molecule has 0 bridgehead atoms. The third kappa shape index (κ3) is 4.43. The molecule has 0 aliphatic heterocycles. The highest BCUT2D eigenvalue weighted by Crippen LogP contribution is 2.19. The number of amides is 1. The van der Waals surface area contributed by atoms with Crippen molar-refractivity contribution in [1.29, 1.82) is 0 Å². The van der Waals surface area contributed by atoms with Gasteiger partial charge in [-0.05, 0) is 36.2 Å². The summed E-state index contributed by atoms with van der Waals surface area (Å²) in [6, 6.07) is 7.42. The van der Waals surface area contributed by atoms with E-state index in [-0.39, 0.29) is 16.6 Å². The summed E-state index contributed by atoms with van der Waals surface area (Å²) >= 11 is 5.67. The number of anilines is 2. The predicted molar refractivity (Wildman–Crippen MR) is 86.9 cm³/mol. The number of benzene rings is 1. The van der Waals surface area contributed by atoms with Gasteiger partial charge in [0.25, 0.3) is 5.91 Å². The molecule has 0 fully saturated rings. The number of hydrogen-bond donors (Lipinski definition) is 2. The van der Waals surface area contributed by atoms with Gasteiger partial charge in [0.1, 0.15) is 11.5 Å². The van der Waals surface area contributed by atoms with Crippen molar-refractivity contribution in [1.82, 2.24) is 4.98 Å². The average molecular weight is 322 g/mol. The van der Waals surface area contributed by atoms with Crippen LogP contribution in [0.25, 0.3) is 0 Å². The lowest BCUT2D eigenvalue weighted by Crippen LogP contribution is -2.14. The molecular formula is C16H17ClFN3O. The van der Waals surface area contributed by atoms with Crippen LogP contribution in [0.5, 0.6) is 0 Å². The van der Waals surface area contributed by atoms with E-state index in [9.17, 15) is 9.18 Å². The van der Waals surface area contributed by atoms with E-state index in [2.05, 4.69) is 29.5 Å². The van der Waals surface area contributed by atoms with Crippen LogP contribution in [0.1, 0.15) is 24.3 Å². The Hall–Kier alpha value is -2.14. The van der Waals surface area contributed by atoms with E-state index in [4.69, 9.17) is 11.6 Å². The molecular weight excluding hydrogens is 305 g/mol. The van der Waals surface area contributed by atoms with Crippen LogP contribution in [0, 0.1) is 11.7 Å². The Balaban J connectivity index is 2.01. The first-order valence-electron chi connectivity index (χ1n) is 6.92. The van der Waals surface area contributed by atoms with E-state index >= 15 is 0 Å². The van der Waals surface area contributed by atoms with E-state index in [1.165, 1.54) is 18.2 Å². The van der Waals surface area contributed by atoms with Gasteiger partial charge >= 0.3 is 0 Å². The van der Waals surface area contributed by atoms with Gasteiger partial charge < -0.3 is 10.6 Å². The number of aromatic nitrogens is 1. The fourth-order valence-corrected chi connectivity index (χ4v) is 1.90. The Morgan fingerprint density at radius 3 is 2.59 bits per heavy atom. The molecule has 1 amide bonds. The highest BCUT2D eigenvalue weighted by Gasteiger charge is 2.09. The summed E-state index contributed by atoms with van der Waals surface area (Å²) in [5, 5.41) is 5.80. The maximum Gasteiger partial charge on any atom is 0.274 e. The zero-order chi connectivity index (χ0) is 16.1. The molecule has 0 aliphatic rings. The molecule has 0 spiro atoms. The highest BCUT2D eigenvalue weighted by molar-refractivity contribution is 6.31. The predicted octanol–water partition coefficient (Wildman–Crippen LogP) is 4.19. The zero-order valence-electron chi connectivity index (χ0n) is 12.4. The Bertz CT molecular complexity index is 659. The molecule has 6 heteroatoms. The fourth-order valence-electron chi connectivity index (χ4n) is 1.72. The minimum absolute atomic E-state index is 0.0426. The van der Waals surface area contributed by atoms with Gasteiger partial charge in [-0.25, -0.2) is 9.37 Å². The second-order valence-electron chi connectivity index (χ2n) is 5.29. The van der Waals surface area contributed by atoms with Crippen molar-refractivity contribution in [2.75, 3.05) is 17.2 Å². The van der Waals surface area contributed by atoms with Gasteiger partial charge in [0.05, 0.1) is 16.9 Å². The maximum atomic E-state index is 13.1. The van der Waals surface area contributed by atoms with Gasteiger partial charge in [-0.3, -0.25) is 4.79 Å². The van der Waals surface area contributed by atoms with Gasteiger partial charge in [-0.15, -0.1) is 0 Å². The molecule has 2 N–H and O–H groups in total. The summed E-state index contributed by atoms with van der Waals surface area (Å²) in [5.74, 6) is -0.386. The summed E-state index contributed by atoms with van der Waals surface area (Å²) < 4.78 is 13.1. The van der Waals surface area contributed by atoms with Crippen molar-refractivity contribution in [2.45, 2.75) is 13.8 Å². The third-order valence-corrected chi connectivity index (χ3v) is 3.18. The second-order valence-corrected chi connectivity index (χ2v) is 5.70. The third-order valence-electron chi connectivity index (χ3n) is 2.89. The minimum Gasteiger partial charge on any atom is -0.384 e. The number of carbonyl (C=O) groups is 1. The number of rotatable bonds is 5. The lowest BCUT2D eigenvalue weighted by molar-refractivity contribution is 0.102. The molecule has 1 heterocycles. The van der Waals surface area contributed by atoms with E-state index in [0.29, 0.717) is 11.6 Å². The first-order chi connectivity index (χ1) is 10.5.